The molecule has 2 heterocycles. The molecule has 1 aromatic heterocycles. The highest BCUT2D eigenvalue weighted by atomic mass is 19.4. The molecule has 2 atom stereocenters. The van der Waals surface area contributed by atoms with Gasteiger partial charge in [-0.2, -0.15) is 13.2 Å². The molecule has 1 amide bonds. The normalized spacial score (nSPS) is 17.6. The second-order valence-electron chi connectivity index (χ2n) is 9.05. The molecule has 0 spiro atoms. The molecule has 1 saturated heterocycles. The number of benzene rings is 2. The fourth-order valence-corrected chi connectivity index (χ4v) is 4.52. The number of hydrogen-bond acceptors (Lipinski definition) is 4. The van der Waals surface area contributed by atoms with Gasteiger partial charge in [-0.1, -0.05) is 6.92 Å². The van der Waals surface area contributed by atoms with Crippen molar-refractivity contribution in [1.29, 1.82) is 0 Å². The Morgan fingerprint density at radius 1 is 1.24 bits per heavy atom. The summed E-state index contributed by atoms with van der Waals surface area (Å²) in [6.07, 6.45) is -2.52. The molecule has 0 aliphatic carbocycles. The van der Waals surface area contributed by atoms with Gasteiger partial charge in [-0.25, -0.2) is 4.98 Å². The first-order chi connectivity index (χ1) is 16.0. The van der Waals surface area contributed by atoms with E-state index in [1.807, 2.05) is 4.90 Å². The second-order valence-corrected chi connectivity index (χ2v) is 9.05. The molecular formula is C25H27F3N4O2. The van der Waals surface area contributed by atoms with E-state index >= 15 is 0 Å². The van der Waals surface area contributed by atoms with Gasteiger partial charge in [0.15, 0.2) is 0 Å². The Hall–Kier alpha value is -3.36. The molecule has 1 fully saturated rings. The lowest BCUT2D eigenvalue weighted by molar-refractivity contribution is -0.138. The van der Waals surface area contributed by atoms with Crippen LogP contribution in [-0.4, -0.2) is 33.9 Å². The Morgan fingerprint density at radius 2 is 1.94 bits per heavy atom. The molecule has 2 unspecified atom stereocenters. The van der Waals surface area contributed by atoms with E-state index in [-0.39, 0.29) is 28.2 Å². The fraction of sp³-hybridized carbons (Fsp3) is 0.400. The van der Waals surface area contributed by atoms with Crippen molar-refractivity contribution in [2.24, 2.45) is 5.92 Å². The summed E-state index contributed by atoms with van der Waals surface area (Å²) in [5.74, 6) is 0.677. The van der Waals surface area contributed by atoms with Crippen LogP contribution >= 0.6 is 0 Å². The van der Waals surface area contributed by atoms with E-state index in [1.54, 1.807) is 31.2 Å². The van der Waals surface area contributed by atoms with E-state index in [0.717, 1.165) is 32.0 Å². The minimum atomic E-state index is -4.61. The number of aryl methyl sites for hydroxylation is 1. The topological polar surface area (TPSA) is 78.1 Å². The summed E-state index contributed by atoms with van der Waals surface area (Å²) in [5, 5.41) is 3.16. The van der Waals surface area contributed by atoms with Crippen LogP contribution in [0.3, 0.4) is 0 Å². The number of nitrogens with zero attached hydrogens (tertiary/aromatic N) is 2. The third kappa shape index (κ3) is 4.93. The first kappa shape index (κ1) is 23.8. The summed E-state index contributed by atoms with van der Waals surface area (Å²) < 4.78 is 41.5. The van der Waals surface area contributed by atoms with Gasteiger partial charge in [0, 0.05) is 30.4 Å². The van der Waals surface area contributed by atoms with Crippen molar-refractivity contribution >= 4 is 22.5 Å². The molecule has 0 radical (unpaired) electrons. The van der Waals surface area contributed by atoms with Crippen molar-refractivity contribution in [3.8, 4) is 0 Å². The largest absolute Gasteiger partial charge is 0.416 e. The second kappa shape index (κ2) is 9.12. The number of H-pyrrole nitrogens is 1. The van der Waals surface area contributed by atoms with Gasteiger partial charge in [-0.05, 0) is 74.6 Å². The van der Waals surface area contributed by atoms with Crippen LogP contribution in [0.1, 0.15) is 60.0 Å². The van der Waals surface area contributed by atoms with Gasteiger partial charge in [0.1, 0.15) is 5.82 Å². The average molecular weight is 473 g/mol. The third-order valence-electron chi connectivity index (χ3n) is 6.23. The molecular weight excluding hydrogens is 445 g/mol. The zero-order valence-electron chi connectivity index (χ0n) is 19.3. The lowest BCUT2D eigenvalue weighted by Crippen LogP contribution is -2.39. The number of aromatic nitrogens is 2. The molecule has 0 saturated carbocycles. The van der Waals surface area contributed by atoms with E-state index in [0.29, 0.717) is 17.2 Å². The minimum Gasteiger partial charge on any atom is -0.379 e. The van der Waals surface area contributed by atoms with Gasteiger partial charge in [0.25, 0.3) is 11.5 Å². The van der Waals surface area contributed by atoms with Crippen LogP contribution in [-0.2, 0) is 6.18 Å². The van der Waals surface area contributed by atoms with Gasteiger partial charge < -0.3 is 15.2 Å². The summed E-state index contributed by atoms with van der Waals surface area (Å²) >= 11 is 0. The van der Waals surface area contributed by atoms with Crippen LogP contribution in [0, 0.1) is 12.8 Å². The predicted octanol–water partition coefficient (Wildman–Crippen LogP) is 5.30. The monoisotopic (exact) mass is 472 g/mol. The maximum absolute atomic E-state index is 13.8. The fourth-order valence-electron chi connectivity index (χ4n) is 4.52. The summed E-state index contributed by atoms with van der Waals surface area (Å²) in [6.45, 7) is 6.70. The number of rotatable bonds is 4. The number of halogens is 3. The zero-order chi connectivity index (χ0) is 24.6. The molecule has 2 N–H and O–H groups in total. The molecule has 180 valence electrons. The Morgan fingerprint density at radius 3 is 2.59 bits per heavy atom. The number of nitrogens with one attached hydrogen (secondary N) is 2. The predicted molar refractivity (Wildman–Crippen MR) is 125 cm³/mol. The lowest BCUT2D eigenvalue weighted by Gasteiger charge is -2.31. The number of alkyl halides is 3. The Labute approximate surface area is 195 Å². The van der Waals surface area contributed by atoms with Crippen LogP contribution in [0.4, 0.5) is 18.9 Å². The summed E-state index contributed by atoms with van der Waals surface area (Å²) in [6, 6.07) is 8.14. The first-order valence-corrected chi connectivity index (χ1v) is 11.3. The van der Waals surface area contributed by atoms with Crippen LogP contribution in [0.5, 0.6) is 0 Å². The number of piperidine rings is 1. The van der Waals surface area contributed by atoms with E-state index in [1.165, 1.54) is 13.0 Å². The van der Waals surface area contributed by atoms with Crippen molar-refractivity contribution < 1.29 is 18.0 Å². The van der Waals surface area contributed by atoms with E-state index in [4.69, 9.17) is 0 Å². The molecule has 9 heteroatoms. The smallest absolute Gasteiger partial charge is 0.379 e. The Kier molecular flexibility index (Phi) is 6.38. The number of likely N-dealkylation sites (tertiary alicyclic amines) is 1. The Balaban J connectivity index is 1.59. The number of fused-ring (bicyclic) bond motifs is 1. The van der Waals surface area contributed by atoms with Crippen molar-refractivity contribution in [1.82, 2.24) is 14.9 Å². The highest BCUT2D eigenvalue weighted by Gasteiger charge is 2.35. The minimum absolute atomic E-state index is 0.000536. The molecule has 4 rings (SSSR count). The van der Waals surface area contributed by atoms with Gasteiger partial charge in [0.2, 0.25) is 0 Å². The third-order valence-corrected chi connectivity index (χ3v) is 6.23. The van der Waals surface area contributed by atoms with Crippen molar-refractivity contribution in [2.45, 2.75) is 45.8 Å². The maximum Gasteiger partial charge on any atom is 0.416 e. The number of amides is 1. The van der Waals surface area contributed by atoms with Gasteiger partial charge in [-0.15, -0.1) is 0 Å². The molecule has 2 aromatic carbocycles. The van der Waals surface area contributed by atoms with Crippen molar-refractivity contribution in [3.05, 3.63) is 69.3 Å². The lowest BCUT2D eigenvalue weighted by atomic mass is 9.98. The molecule has 0 bridgehead atoms. The number of hydrogen-bond donors (Lipinski definition) is 2. The van der Waals surface area contributed by atoms with Crippen molar-refractivity contribution in [2.75, 3.05) is 18.4 Å². The molecule has 1 aliphatic rings. The van der Waals surface area contributed by atoms with E-state index in [2.05, 4.69) is 22.2 Å². The van der Waals surface area contributed by atoms with Crippen LogP contribution in [0.25, 0.3) is 10.9 Å². The van der Waals surface area contributed by atoms with Crippen LogP contribution in [0.15, 0.2) is 41.2 Å². The molecule has 6 nitrogen and oxygen atoms in total. The number of carbonyl (C=O) groups excluding carboxylic acids is 1. The molecule has 3 aromatic rings. The highest BCUT2D eigenvalue weighted by molar-refractivity contribution is 5.94. The van der Waals surface area contributed by atoms with E-state index < -0.39 is 23.3 Å². The number of aromatic amines is 1. The van der Waals surface area contributed by atoms with Crippen LogP contribution < -0.4 is 10.9 Å². The number of anilines is 1. The van der Waals surface area contributed by atoms with E-state index in [9.17, 15) is 22.8 Å². The standard InChI is InChI=1S/C25H27F3N4O2/c1-14-5-4-10-32(13-14)24(34)17-6-8-18(9-7-17)29-15(2)19-11-20-22(12-21(19)25(26,27)28)30-16(3)31-23(20)33/h6-9,11-12,14-15,29H,4-5,10,13H2,1-3H3,(H,30,31,33). The Bertz CT molecular complexity index is 1270. The van der Waals surface area contributed by atoms with Gasteiger partial charge in [0.05, 0.1) is 16.5 Å². The number of carbonyl (C=O) groups is 1. The average Bonchev–Trinajstić information content (AvgIpc) is 2.77. The highest BCUT2D eigenvalue weighted by Crippen LogP contribution is 2.37. The quantitative estimate of drug-likeness (QED) is 0.541. The maximum atomic E-state index is 13.8. The summed E-state index contributed by atoms with van der Waals surface area (Å²) in [7, 11) is 0. The molecule has 1 aliphatic heterocycles. The van der Waals surface area contributed by atoms with Crippen molar-refractivity contribution in [3.63, 3.8) is 0 Å². The SMILES string of the molecule is Cc1nc2cc(C(F)(F)F)c(C(C)Nc3ccc(C(=O)N4CCCC(C)C4)cc3)cc2c(=O)[nH]1. The summed E-state index contributed by atoms with van der Waals surface area (Å²) in [4.78, 5) is 33.5. The van der Waals surface area contributed by atoms with Gasteiger partial charge >= 0.3 is 6.18 Å². The van der Waals surface area contributed by atoms with Gasteiger partial charge in [-0.3, -0.25) is 9.59 Å². The van der Waals surface area contributed by atoms with Crippen LogP contribution in [0.2, 0.25) is 0 Å². The molecule has 34 heavy (non-hydrogen) atoms. The zero-order valence-corrected chi connectivity index (χ0v) is 19.3. The summed E-state index contributed by atoms with van der Waals surface area (Å²) in [5.41, 5.74) is -0.275. The first-order valence-electron chi connectivity index (χ1n) is 11.3.